The number of ether oxygens (including phenoxy) is 1. The number of sulfone groups is 1. The van der Waals surface area contributed by atoms with Crippen molar-refractivity contribution in [3.05, 3.63) is 82.9 Å². The van der Waals surface area contributed by atoms with Crippen LogP contribution in [0.3, 0.4) is 0 Å². The SMILES string of the molecule is Cc1cccc(Oc2ccc(NC(=O)c3cc(S(C)(=O)=O)ccc3Cl)cc2)c1. The molecule has 0 aliphatic rings. The van der Waals surface area contributed by atoms with Crippen LogP contribution in [0.1, 0.15) is 15.9 Å². The highest BCUT2D eigenvalue weighted by molar-refractivity contribution is 7.90. The molecule has 0 aliphatic heterocycles. The lowest BCUT2D eigenvalue weighted by molar-refractivity contribution is 0.102. The third-order valence-corrected chi connectivity index (χ3v) is 5.39. The van der Waals surface area contributed by atoms with Crippen molar-refractivity contribution in [1.82, 2.24) is 0 Å². The Bertz CT molecular complexity index is 1130. The summed E-state index contributed by atoms with van der Waals surface area (Å²) in [6.45, 7) is 1.98. The van der Waals surface area contributed by atoms with Crippen molar-refractivity contribution in [2.24, 2.45) is 0 Å². The number of nitrogens with one attached hydrogen (secondary N) is 1. The van der Waals surface area contributed by atoms with E-state index < -0.39 is 15.7 Å². The maximum Gasteiger partial charge on any atom is 0.257 e. The van der Waals surface area contributed by atoms with Crippen LogP contribution >= 0.6 is 11.6 Å². The lowest BCUT2D eigenvalue weighted by Gasteiger charge is -2.10. The molecular formula is C21H18ClNO4S. The van der Waals surface area contributed by atoms with Gasteiger partial charge in [-0.25, -0.2) is 8.42 Å². The monoisotopic (exact) mass is 415 g/mol. The van der Waals surface area contributed by atoms with Gasteiger partial charge in [0.25, 0.3) is 5.91 Å². The van der Waals surface area contributed by atoms with Crippen LogP contribution in [-0.2, 0) is 9.84 Å². The highest BCUT2D eigenvalue weighted by Gasteiger charge is 2.15. The zero-order valence-corrected chi connectivity index (χ0v) is 16.8. The van der Waals surface area contributed by atoms with Gasteiger partial charge >= 0.3 is 0 Å². The quantitative estimate of drug-likeness (QED) is 0.629. The zero-order chi connectivity index (χ0) is 20.3. The van der Waals surface area contributed by atoms with Crippen LogP contribution in [0.5, 0.6) is 11.5 Å². The number of anilines is 1. The second kappa shape index (κ2) is 8.04. The van der Waals surface area contributed by atoms with Crippen LogP contribution < -0.4 is 10.1 Å². The first-order valence-corrected chi connectivity index (χ1v) is 10.6. The lowest BCUT2D eigenvalue weighted by Crippen LogP contribution is -2.13. The van der Waals surface area contributed by atoms with Gasteiger partial charge in [-0.3, -0.25) is 4.79 Å². The first-order chi connectivity index (χ1) is 13.2. The highest BCUT2D eigenvalue weighted by Crippen LogP contribution is 2.25. The number of halogens is 1. The van der Waals surface area contributed by atoms with Crippen LogP contribution in [0.4, 0.5) is 5.69 Å². The Morgan fingerprint density at radius 1 is 0.964 bits per heavy atom. The number of hydrogen-bond donors (Lipinski definition) is 1. The normalized spacial score (nSPS) is 11.1. The van der Waals surface area contributed by atoms with E-state index in [-0.39, 0.29) is 15.5 Å². The summed E-state index contributed by atoms with van der Waals surface area (Å²) in [4.78, 5) is 12.5. The molecule has 0 saturated carbocycles. The van der Waals surface area contributed by atoms with Crippen LogP contribution in [0.2, 0.25) is 5.02 Å². The molecule has 1 N–H and O–H groups in total. The van der Waals surface area contributed by atoms with Crippen LogP contribution in [-0.4, -0.2) is 20.6 Å². The summed E-state index contributed by atoms with van der Waals surface area (Å²) >= 11 is 6.06. The molecule has 0 atom stereocenters. The number of amides is 1. The molecule has 0 spiro atoms. The molecule has 5 nitrogen and oxygen atoms in total. The Morgan fingerprint density at radius 3 is 2.32 bits per heavy atom. The maximum atomic E-state index is 12.5. The lowest BCUT2D eigenvalue weighted by atomic mass is 10.2. The van der Waals surface area contributed by atoms with Gasteiger partial charge in [-0.05, 0) is 67.1 Å². The fourth-order valence-corrected chi connectivity index (χ4v) is 3.38. The number of carbonyl (C=O) groups excluding carboxylic acids is 1. The summed E-state index contributed by atoms with van der Waals surface area (Å²) in [6, 6.07) is 18.5. The van der Waals surface area contributed by atoms with E-state index in [9.17, 15) is 13.2 Å². The molecule has 0 aromatic heterocycles. The summed E-state index contributed by atoms with van der Waals surface area (Å²) in [7, 11) is -3.44. The van der Waals surface area contributed by atoms with Crippen molar-refractivity contribution < 1.29 is 17.9 Å². The van der Waals surface area contributed by atoms with Gasteiger partial charge in [0.1, 0.15) is 11.5 Å². The molecule has 0 aliphatic carbocycles. The molecule has 3 aromatic carbocycles. The van der Waals surface area contributed by atoms with Crippen LogP contribution in [0, 0.1) is 6.92 Å². The molecule has 0 heterocycles. The minimum absolute atomic E-state index is 0.0314. The summed E-state index contributed by atoms with van der Waals surface area (Å²) in [5.74, 6) is 0.852. The molecule has 7 heteroatoms. The maximum absolute atomic E-state index is 12.5. The number of aryl methyl sites for hydroxylation is 1. The van der Waals surface area contributed by atoms with Crippen molar-refractivity contribution in [1.29, 1.82) is 0 Å². The van der Waals surface area contributed by atoms with Crippen molar-refractivity contribution in [3.63, 3.8) is 0 Å². The predicted molar refractivity (Wildman–Crippen MR) is 110 cm³/mol. The Balaban J connectivity index is 1.74. The van der Waals surface area contributed by atoms with E-state index in [0.29, 0.717) is 11.4 Å². The third-order valence-electron chi connectivity index (χ3n) is 3.95. The zero-order valence-electron chi connectivity index (χ0n) is 15.3. The summed E-state index contributed by atoms with van der Waals surface area (Å²) < 4.78 is 29.2. The molecule has 0 saturated heterocycles. The van der Waals surface area contributed by atoms with Crippen molar-refractivity contribution in [3.8, 4) is 11.5 Å². The fourth-order valence-electron chi connectivity index (χ4n) is 2.53. The van der Waals surface area contributed by atoms with Gasteiger partial charge in [-0.2, -0.15) is 0 Å². The second-order valence-electron chi connectivity index (χ2n) is 6.31. The van der Waals surface area contributed by atoms with E-state index in [0.717, 1.165) is 17.6 Å². The van der Waals surface area contributed by atoms with E-state index in [2.05, 4.69) is 5.32 Å². The fraction of sp³-hybridized carbons (Fsp3) is 0.0952. The Labute approximate surface area is 168 Å². The number of rotatable bonds is 5. The topological polar surface area (TPSA) is 72.5 Å². The Kier molecular flexibility index (Phi) is 5.72. The van der Waals surface area contributed by atoms with Gasteiger partial charge in [-0.1, -0.05) is 23.7 Å². The molecule has 144 valence electrons. The third kappa shape index (κ3) is 4.91. The average Bonchev–Trinajstić information content (AvgIpc) is 2.62. The van der Waals surface area contributed by atoms with E-state index in [4.69, 9.17) is 16.3 Å². The molecule has 0 unspecified atom stereocenters. The van der Waals surface area contributed by atoms with Gasteiger partial charge in [0.2, 0.25) is 0 Å². The van der Waals surface area contributed by atoms with Gasteiger partial charge in [0, 0.05) is 11.9 Å². The number of hydrogen-bond acceptors (Lipinski definition) is 4. The van der Waals surface area contributed by atoms with Gasteiger partial charge in [0.15, 0.2) is 9.84 Å². The molecular weight excluding hydrogens is 398 g/mol. The minimum atomic E-state index is -3.44. The molecule has 3 rings (SSSR count). The Morgan fingerprint density at radius 2 is 1.68 bits per heavy atom. The number of benzene rings is 3. The molecule has 1 amide bonds. The van der Waals surface area contributed by atoms with Crippen LogP contribution in [0.15, 0.2) is 71.6 Å². The smallest absolute Gasteiger partial charge is 0.257 e. The largest absolute Gasteiger partial charge is 0.457 e. The average molecular weight is 416 g/mol. The van der Waals surface area contributed by atoms with Crippen molar-refractivity contribution >= 4 is 33.0 Å². The predicted octanol–water partition coefficient (Wildman–Crippen LogP) is 5.10. The molecule has 0 fully saturated rings. The summed E-state index contributed by atoms with van der Waals surface area (Å²) in [5, 5.41) is 2.87. The molecule has 0 bridgehead atoms. The molecule has 28 heavy (non-hydrogen) atoms. The van der Waals surface area contributed by atoms with E-state index >= 15 is 0 Å². The van der Waals surface area contributed by atoms with Gasteiger partial charge in [-0.15, -0.1) is 0 Å². The first-order valence-electron chi connectivity index (χ1n) is 8.38. The van der Waals surface area contributed by atoms with Gasteiger partial charge < -0.3 is 10.1 Å². The molecule has 0 radical (unpaired) electrons. The number of carbonyl (C=O) groups is 1. The Hall–Kier alpha value is -2.83. The van der Waals surface area contributed by atoms with E-state index in [1.165, 1.54) is 18.2 Å². The van der Waals surface area contributed by atoms with E-state index in [1.807, 2.05) is 31.2 Å². The standard InChI is InChI=1S/C21H18ClNO4S/c1-14-4-3-5-17(12-14)27-16-8-6-15(7-9-16)23-21(24)19-13-18(28(2,25)26)10-11-20(19)22/h3-13H,1-2H3,(H,23,24). The summed E-state index contributed by atoms with van der Waals surface area (Å²) in [6.07, 6.45) is 1.07. The van der Waals surface area contributed by atoms with E-state index in [1.54, 1.807) is 24.3 Å². The van der Waals surface area contributed by atoms with Crippen molar-refractivity contribution in [2.75, 3.05) is 11.6 Å². The second-order valence-corrected chi connectivity index (χ2v) is 8.73. The summed E-state index contributed by atoms with van der Waals surface area (Å²) in [5.41, 5.74) is 1.71. The van der Waals surface area contributed by atoms with Crippen molar-refractivity contribution in [2.45, 2.75) is 11.8 Å². The van der Waals surface area contributed by atoms with Gasteiger partial charge in [0.05, 0.1) is 15.5 Å². The molecule has 3 aromatic rings. The minimum Gasteiger partial charge on any atom is -0.457 e. The van der Waals surface area contributed by atoms with Crippen LogP contribution in [0.25, 0.3) is 0 Å². The first kappa shape index (κ1) is 19.9. The highest BCUT2D eigenvalue weighted by atomic mass is 35.5.